The third kappa shape index (κ3) is 1.82. The van der Waals surface area contributed by atoms with E-state index in [1.165, 1.54) is 58.0 Å². The molecule has 0 aromatic carbocycles. The fourth-order valence-corrected chi connectivity index (χ4v) is 2.29. The average molecular weight is 165 g/mol. The van der Waals surface area contributed by atoms with Crippen LogP contribution in [0.5, 0.6) is 0 Å². The van der Waals surface area contributed by atoms with Crippen LogP contribution in [0.4, 0.5) is 0 Å². The average Bonchev–Trinajstić information content (AvgIpc) is 2.21. The second-order valence-electron chi connectivity index (χ2n) is 3.99. The van der Waals surface area contributed by atoms with E-state index in [-0.39, 0.29) is 0 Å². The Morgan fingerprint density at radius 3 is 2.42 bits per heavy atom. The molecule has 68 valence electrons. The van der Waals surface area contributed by atoms with Crippen LogP contribution in [0.25, 0.3) is 0 Å². The summed E-state index contributed by atoms with van der Waals surface area (Å²) < 4.78 is 0. The SMILES string of the molecule is C1=C(N2CCCCC2)CCCC1. The third-order valence-corrected chi connectivity index (χ3v) is 3.03. The van der Waals surface area contributed by atoms with Crippen LogP contribution in [0.2, 0.25) is 0 Å². The Kier molecular flexibility index (Phi) is 2.70. The molecule has 1 heteroatoms. The number of hydrogen-bond donors (Lipinski definition) is 0. The monoisotopic (exact) mass is 165 g/mol. The lowest BCUT2D eigenvalue weighted by Crippen LogP contribution is -2.29. The molecule has 2 rings (SSSR count). The minimum atomic E-state index is 1.33. The van der Waals surface area contributed by atoms with E-state index >= 15 is 0 Å². The largest absolute Gasteiger partial charge is 0.375 e. The van der Waals surface area contributed by atoms with E-state index in [9.17, 15) is 0 Å². The fraction of sp³-hybridized carbons (Fsp3) is 0.818. The van der Waals surface area contributed by atoms with Crippen molar-refractivity contribution >= 4 is 0 Å². The van der Waals surface area contributed by atoms with Crippen LogP contribution in [0, 0.1) is 0 Å². The lowest BCUT2D eigenvalue weighted by Gasteiger charge is -2.32. The Morgan fingerprint density at radius 2 is 1.75 bits per heavy atom. The molecule has 2 aliphatic rings. The van der Waals surface area contributed by atoms with Crippen molar-refractivity contribution in [3.8, 4) is 0 Å². The van der Waals surface area contributed by atoms with Crippen LogP contribution in [-0.2, 0) is 0 Å². The number of piperidine rings is 1. The summed E-state index contributed by atoms with van der Waals surface area (Å²) in [7, 11) is 0. The van der Waals surface area contributed by atoms with E-state index < -0.39 is 0 Å². The third-order valence-electron chi connectivity index (χ3n) is 3.03. The summed E-state index contributed by atoms with van der Waals surface area (Å²) in [5, 5.41) is 0. The fourth-order valence-electron chi connectivity index (χ4n) is 2.29. The molecule has 12 heavy (non-hydrogen) atoms. The normalized spacial score (nSPS) is 25.3. The van der Waals surface area contributed by atoms with Gasteiger partial charge in [-0.15, -0.1) is 0 Å². The van der Waals surface area contributed by atoms with Gasteiger partial charge in [0.25, 0.3) is 0 Å². The molecular weight excluding hydrogens is 146 g/mol. The van der Waals surface area contributed by atoms with Crippen molar-refractivity contribution in [1.82, 2.24) is 4.90 Å². The second-order valence-corrected chi connectivity index (χ2v) is 3.99. The molecule has 0 saturated carbocycles. The Bertz CT molecular complexity index is 166. The number of allylic oxidation sites excluding steroid dienone is 2. The molecule has 0 atom stereocenters. The van der Waals surface area contributed by atoms with Gasteiger partial charge < -0.3 is 4.90 Å². The van der Waals surface area contributed by atoms with E-state index in [0.717, 1.165) is 0 Å². The van der Waals surface area contributed by atoms with Crippen molar-refractivity contribution in [3.63, 3.8) is 0 Å². The summed E-state index contributed by atoms with van der Waals surface area (Å²) in [6.07, 6.45) is 12.2. The van der Waals surface area contributed by atoms with Gasteiger partial charge in [0.2, 0.25) is 0 Å². The molecular formula is C11H19N. The van der Waals surface area contributed by atoms with Crippen LogP contribution in [0.15, 0.2) is 11.8 Å². The number of hydrogen-bond acceptors (Lipinski definition) is 1. The highest BCUT2D eigenvalue weighted by Crippen LogP contribution is 2.23. The van der Waals surface area contributed by atoms with Crippen molar-refractivity contribution in [1.29, 1.82) is 0 Å². The van der Waals surface area contributed by atoms with Crippen molar-refractivity contribution < 1.29 is 0 Å². The van der Waals surface area contributed by atoms with Crippen molar-refractivity contribution in [2.75, 3.05) is 13.1 Å². The van der Waals surface area contributed by atoms with Gasteiger partial charge in [0.1, 0.15) is 0 Å². The van der Waals surface area contributed by atoms with Crippen LogP contribution < -0.4 is 0 Å². The van der Waals surface area contributed by atoms with E-state index in [2.05, 4.69) is 11.0 Å². The molecule has 1 aliphatic heterocycles. The molecule has 0 aromatic heterocycles. The van der Waals surface area contributed by atoms with E-state index in [1.807, 2.05) is 0 Å². The van der Waals surface area contributed by atoms with Gasteiger partial charge in [-0.2, -0.15) is 0 Å². The zero-order chi connectivity index (χ0) is 8.23. The quantitative estimate of drug-likeness (QED) is 0.577. The summed E-state index contributed by atoms with van der Waals surface area (Å²) in [5.74, 6) is 0. The minimum Gasteiger partial charge on any atom is -0.375 e. The Hall–Kier alpha value is -0.460. The minimum absolute atomic E-state index is 1.33. The van der Waals surface area contributed by atoms with Gasteiger partial charge in [0.05, 0.1) is 0 Å². The number of nitrogens with zero attached hydrogens (tertiary/aromatic N) is 1. The zero-order valence-electron chi connectivity index (χ0n) is 7.89. The van der Waals surface area contributed by atoms with Gasteiger partial charge in [0.15, 0.2) is 0 Å². The smallest absolute Gasteiger partial charge is 0.0174 e. The molecule has 0 spiro atoms. The van der Waals surface area contributed by atoms with Gasteiger partial charge in [0, 0.05) is 18.8 Å². The van der Waals surface area contributed by atoms with Crippen molar-refractivity contribution in [2.45, 2.75) is 44.9 Å². The Balaban J connectivity index is 1.92. The maximum Gasteiger partial charge on any atom is 0.0174 e. The van der Waals surface area contributed by atoms with Crippen molar-refractivity contribution in [3.05, 3.63) is 11.8 Å². The van der Waals surface area contributed by atoms with Crippen LogP contribution >= 0.6 is 0 Å². The van der Waals surface area contributed by atoms with Gasteiger partial charge in [-0.3, -0.25) is 0 Å². The predicted molar refractivity (Wildman–Crippen MR) is 52.0 cm³/mol. The summed E-state index contributed by atoms with van der Waals surface area (Å²) in [5.41, 5.74) is 1.65. The molecule has 0 unspecified atom stereocenters. The predicted octanol–water partition coefficient (Wildman–Crippen LogP) is 2.93. The molecule has 0 bridgehead atoms. The maximum atomic E-state index is 2.61. The summed E-state index contributed by atoms with van der Waals surface area (Å²) in [4.78, 5) is 2.61. The molecule has 0 amide bonds. The van der Waals surface area contributed by atoms with E-state index in [1.54, 1.807) is 5.70 Å². The summed E-state index contributed by atoms with van der Waals surface area (Å²) in [6.45, 7) is 2.65. The van der Waals surface area contributed by atoms with E-state index in [0.29, 0.717) is 0 Å². The zero-order valence-corrected chi connectivity index (χ0v) is 7.89. The Labute approximate surface area is 75.4 Å². The highest BCUT2D eigenvalue weighted by Gasteiger charge is 2.14. The van der Waals surface area contributed by atoms with Crippen LogP contribution in [0.3, 0.4) is 0 Å². The first-order chi connectivity index (χ1) is 5.97. The molecule has 1 saturated heterocycles. The molecule has 0 N–H and O–H groups in total. The topological polar surface area (TPSA) is 3.24 Å². The molecule has 1 nitrogen and oxygen atoms in total. The van der Waals surface area contributed by atoms with E-state index in [4.69, 9.17) is 0 Å². The van der Waals surface area contributed by atoms with Gasteiger partial charge >= 0.3 is 0 Å². The standard InChI is InChI=1S/C11H19N/c1-3-7-11(8-4-1)12-9-5-2-6-10-12/h7H,1-6,8-10H2. The van der Waals surface area contributed by atoms with Gasteiger partial charge in [-0.25, -0.2) is 0 Å². The first-order valence-corrected chi connectivity index (χ1v) is 5.41. The molecule has 1 aliphatic carbocycles. The highest BCUT2D eigenvalue weighted by molar-refractivity contribution is 5.04. The highest BCUT2D eigenvalue weighted by atomic mass is 15.1. The number of likely N-dealkylation sites (tertiary alicyclic amines) is 1. The maximum absolute atomic E-state index is 2.61. The first-order valence-electron chi connectivity index (χ1n) is 5.41. The Morgan fingerprint density at radius 1 is 0.917 bits per heavy atom. The molecule has 0 radical (unpaired) electrons. The van der Waals surface area contributed by atoms with Crippen LogP contribution in [-0.4, -0.2) is 18.0 Å². The van der Waals surface area contributed by atoms with Gasteiger partial charge in [-0.1, -0.05) is 6.08 Å². The lowest BCUT2D eigenvalue weighted by molar-refractivity contribution is 0.270. The molecule has 1 heterocycles. The number of rotatable bonds is 1. The van der Waals surface area contributed by atoms with Gasteiger partial charge in [-0.05, 0) is 44.9 Å². The van der Waals surface area contributed by atoms with Crippen molar-refractivity contribution in [2.24, 2.45) is 0 Å². The first kappa shape index (κ1) is 8.15. The van der Waals surface area contributed by atoms with Crippen LogP contribution in [0.1, 0.15) is 44.9 Å². The second kappa shape index (κ2) is 3.97. The molecule has 0 aromatic rings. The summed E-state index contributed by atoms with van der Waals surface area (Å²) in [6, 6.07) is 0. The lowest BCUT2D eigenvalue weighted by atomic mass is 10.0. The summed E-state index contributed by atoms with van der Waals surface area (Å²) >= 11 is 0. The molecule has 1 fully saturated rings.